The van der Waals surface area contributed by atoms with Gasteiger partial charge in [0, 0.05) is 35.2 Å². The maximum absolute atomic E-state index is 14.5. The Kier molecular flexibility index (Phi) is 4.98. The molecule has 1 fully saturated rings. The lowest BCUT2D eigenvalue weighted by Gasteiger charge is -2.18. The van der Waals surface area contributed by atoms with Crippen molar-refractivity contribution in [2.24, 2.45) is 0 Å². The second-order valence-corrected chi connectivity index (χ2v) is 8.39. The molecule has 0 bridgehead atoms. The third-order valence-electron chi connectivity index (χ3n) is 5.90. The molecule has 1 aliphatic rings. The van der Waals surface area contributed by atoms with E-state index in [1.54, 1.807) is 12.1 Å². The number of imidazole rings is 1. The molecule has 1 amide bonds. The fourth-order valence-corrected chi connectivity index (χ4v) is 4.49. The first-order valence-corrected chi connectivity index (χ1v) is 10.6. The molecule has 1 aliphatic heterocycles. The maximum Gasteiger partial charge on any atom is 0.227 e. The summed E-state index contributed by atoms with van der Waals surface area (Å²) >= 11 is 6.31. The number of aromatic nitrogens is 2. The molecule has 4 aromatic rings. The summed E-state index contributed by atoms with van der Waals surface area (Å²) in [5.41, 5.74) is 4.19. The lowest BCUT2D eigenvalue weighted by molar-refractivity contribution is -0.117. The first kappa shape index (κ1) is 19.8. The van der Waals surface area contributed by atoms with Crippen LogP contribution < -0.4 is 4.90 Å². The van der Waals surface area contributed by atoms with Crippen LogP contribution in [0.25, 0.3) is 11.0 Å². The molecular weight excluding hydrogens is 413 g/mol. The van der Waals surface area contributed by atoms with Crippen molar-refractivity contribution in [3.05, 3.63) is 94.5 Å². The van der Waals surface area contributed by atoms with Crippen LogP contribution in [0.2, 0.25) is 5.02 Å². The number of hydrogen-bond acceptors (Lipinski definition) is 2. The number of amides is 1. The Balaban J connectivity index is 1.55. The number of para-hydroxylation sites is 2. The Bertz CT molecular complexity index is 1260. The van der Waals surface area contributed by atoms with Gasteiger partial charge in [0.15, 0.2) is 0 Å². The number of fused-ring (bicyclic) bond motifs is 1. The zero-order chi connectivity index (χ0) is 21.5. The molecule has 0 aliphatic carbocycles. The van der Waals surface area contributed by atoms with Crippen molar-refractivity contribution in [2.75, 3.05) is 11.4 Å². The summed E-state index contributed by atoms with van der Waals surface area (Å²) in [6.45, 7) is 2.82. The van der Waals surface area contributed by atoms with Gasteiger partial charge in [-0.25, -0.2) is 9.37 Å². The van der Waals surface area contributed by atoms with Gasteiger partial charge < -0.3 is 9.47 Å². The number of benzene rings is 3. The lowest BCUT2D eigenvalue weighted by atomic mass is 10.1. The van der Waals surface area contributed by atoms with E-state index in [-0.39, 0.29) is 24.2 Å². The van der Waals surface area contributed by atoms with Crippen LogP contribution in [0.5, 0.6) is 0 Å². The van der Waals surface area contributed by atoms with Crippen LogP contribution in [0.4, 0.5) is 10.1 Å². The molecule has 0 saturated carbocycles. The van der Waals surface area contributed by atoms with Crippen molar-refractivity contribution in [3.63, 3.8) is 0 Å². The molecule has 156 valence electrons. The number of nitrogens with zero attached hydrogens (tertiary/aromatic N) is 3. The van der Waals surface area contributed by atoms with Gasteiger partial charge in [-0.2, -0.15) is 0 Å². The fraction of sp³-hybridized carbons (Fsp3) is 0.200. The van der Waals surface area contributed by atoms with Crippen LogP contribution in [-0.2, 0) is 11.3 Å². The van der Waals surface area contributed by atoms with Gasteiger partial charge in [-0.05, 0) is 43.3 Å². The quantitative estimate of drug-likeness (QED) is 0.413. The maximum atomic E-state index is 14.5. The minimum atomic E-state index is -0.347. The highest BCUT2D eigenvalue weighted by atomic mass is 35.5. The van der Waals surface area contributed by atoms with E-state index < -0.39 is 0 Å². The van der Waals surface area contributed by atoms with E-state index in [0.717, 1.165) is 28.1 Å². The Morgan fingerprint density at radius 2 is 1.84 bits per heavy atom. The second-order valence-electron chi connectivity index (χ2n) is 7.99. The topological polar surface area (TPSA) is 38.1 Å². The molecule has 1 atom stereocenters. The van der Waals surface area contributed by atoms with Crippen molar-refractivity contribution in [3.8, 4) is 0 Å². The molecule has 6 heteroatoms. The highest BCUT2D eigenvalue weighted by Gasteiger charge is 2.35. The van der Waals surface area contributed by atoms with Crippen LogP contribution in [0.1, 0.15) is 29.3 Å². The van der Waals surface area contributed by atoms with Crippen LogP contribution in [-0.4, -0.2) is 22.0 Å². The summed E-state index contributed by atoms with van der Waals surface area (Å²) in [5, 5.41) is 0.382. The average molecular weight is 434 g/mol. The SMILES string of the molecule is Cc1ccc(N2C[C@@H](c3nc4ccccc4n3Cc3c(F)cccc3Cl)CC2=O)cc1. The van der Waals surface area contributed by atoms with Crippen LogP contribution in [0.15, 0.2) is 66.7 Å². The van der Waals surface area contributed by atoms with Crippen LogP contribution in [0.3, 0.4) is 0 Å². The first-order chi connectivity index (χ1) is 15.0. The highest BCUT2D eigenvalue weighted by Crippen LogP contribution is 2.34. The fourth-order valence-electron chi connectivity index (χ4n) is 4.27. The molecule has 1 saturated heterocycles. The van der Waals surface area contributed by atoms with Gasteiger partial charge in [0.25, 0.3) is 0 Å². The van der Waals surface area contributed by atoms with E-state index in [0.29, 0.717) is 23.6 Å². The summed E-state index contributed by atoms with van der Waals surface area (Å²) in [6.07, 6.45) is 0.363. The summed E-state index contributed by atoms with van der Waals surface area (Å²) in [4.78, 5) is 19.5. The molecule has 0 radical (unpaired) electrons. The number of carbonyl (C=O) groups excluding carboxylic acids is 1. The number of anilines is 1. The minimum absolute atomic E-state index is 0.0661. The predicted molar refractivity (Wildman–Crippen MR) is 121 cm³/mol. The van der Waals surface area contributed by atoms with Crippen LogP contribution >= 0.6 is 11.6 Å². The van der Waals surface area contributed by atoms with E-state index in [1.807, 2.05) is 64.9 Å². The van der Waals surface area contributed by atoms with Gasteiger partial charge in [0.1, 0.15) is 11.6 Å². The average Bonchev–Trinajstić information content (AvgIpc) is 3.32. The van der Waals surface area contributed by atoms with E-state index in [4.69, 9.17) is 16.6 Å². The molecule has 4 nitrogen and oxygen atoms in total. The minimum Gasteiger partial charge on any atom is -0.323 e. The molecule has 2 heterocycles. The Morgan fingerprint density at radius 1 is 1.06 bits per heavy atom. The lowest BCUT2D eigenvalue weighted by Crippen LogP contribution is -2.24. The largest absolute Gasteiger partial charge is 0.323 e. The summed E-state index contributed by atoms with van der Waals surface area (Å²) in [6, 6.07) is 20.4. The first-order valence-electron chi connectivity index (χ1n) is 10.3. The molecule has 3 aromatic carbocycles. The van der Waals surface area contributed by atoms with E-state index in [2.05, 4.69) is 0 Å². The van der Waals surface area contributed by atoms with Gasteiger partial charge in [-0.1, -0.05) is 47.5 Å². The smallest absolute Gasteiger partial charge is 0.227 e. The number of carbonyl (C=O) groups is 1. The summed E-state index contributed by atoms with van der Waals surface area (Å²) in [7, 11) is 0. The zero-order valence-electron chi connectivity index (χ0n) is 17.1. The highest BCUT2D eigenvalue weighted by molar-refractivity contribution is 6.31. The molecule has 0 unspecified atom stereocenters. The Morgan fingerprint density at radius 3 is 2.61 bits per heavy atom. The monoisotopic (exact) mass is 433 g/mol. The molecule has 5 rings (SSSR count). The van der Waals surface area contributed by atoms with Crippen molar-refractivity contribution in [1.29, 1.82) is 0 Å². The zero-order valence-corrected chi connectivity index (χ0v) is 17.8. The van der Waals surface area contributed by atoms with Gasteiger partial charge in [-0.3, -0.25) is 4.79 Å². The van der Waals surface area contributed by atoms with Crippen molar-refractivity contribution >= 4 is 34.2 Å². The Labute approximate surface area is 184 Å². The third kappa shape index (κ3) is 3.59. The number of aryl methyl sites for hydroxylation is 1. The molecule has 0 spiro atoms. The van der Waals surface area contributed by atoms with Gasteiger partial charge >= 0.3 is 0 Å². The normalized spacial score (nSPS) is 16.4. The Hall–Kier alpha value is -3.18. The summed E-state index contributed by atoms with van der Waals surface area (Å²) in [5.74, 6) is 0.409. The van der Waals surface area contributed by atoms with E-state index in [1.165, 1.54) is 6.07 Å². The number of halogens is 2. The molecule has 0 N–H and O–H groups in total. The summed E-state index contributed by atoms with van der Waals surface area (Å²) < 4.78 is 16.5. The van der Waals surface area contributed by atoms with E-state index in [9.17, 15) is 9.18 Å². The number of rotatable bonds is 4. The third-order valence-corrected chi connectivity index (χ3v) is 6.25. The van der Waals surface area contributed by atoms with Crippen molar-refractivity contribution in [2.45, 2.75) is 25.8 Å². The van der Waals surface area contributed by atoms with Crippen LogP contribution in [0, 0.1) is 12.7 Å². The van der Waals surface area contributed by atoms with Gasteiger partial charge in [0.05, 0.1) is 17.6 Å². The number of hydrogen-bond donors (Lipinski definition) is 0. The predicted octanol–water partition coefficient (Wildman–Crippen LogP) is 5.71. The second kappa shape index (κ2) is 7.82. The van der Waals surface area contributed by atoms with Crippen molar-refractivity contribution in [1.82, 2.24) is 9.55 Å². The molecular formula is C25H21ClFN3O. The standard InChI is InChI=1S/C25H21ClFN3O/c1-16-9-11-18(12-10-16)29-14-17(13-24(29)31)25-28-22-7-2-3-8-23(22)30(25)15-19-20(26)5-4-6-21(19)27/h2-12,17H,13-15H2,1H3/t17-/m0/s1. The van der Waals surface area contributed by atoms with Gasteiger partial charge in [0.2, 0.25) is 5.91 Å². The molecule has 31 heavy (non-hydrogen) atoms. The van der Waals surface area contributed by atoms with Gasteiger partial charge in [-0.15, -0.1) is 0 Å². The van der Waals surface area contributed by atoms with Crippen molar-refractivity contribution < 1.29 is 9.18 Å². The molecule has 1 aromatic heterocycles. The van der Waals surface area contributed by atoms with E-state index >= 15 is 0 Å².